The Hall–Kier alpha value is -7.68. The molecule has 0 unspecified atom stereocenters. The SMILES string of the molecule is c1ccc(-c2ccccc2N(c2ccccc2)c2ccc3c4ccccc4n(-c4cccc(-c5cccc6ccccc56)c4-c4cccc5ccccc45)c3c2)cc1. The number of hydrogen-bond donors (Lipinski definition) is 0. The number of aromatic nitrogens is 1. The molecule has 0 spiro atoms. The van der Waals surface area contributed by atoms with E-state index in [9.17, 15) is 0 Å². The van der Waals surface area contributed by atoms with Crippen LogP contribution in [0.4, 0.5) is 17.1 Å². The van der Waals surface area contributed by atoms with Crippen LogP contribution in [0.3, 0.4) is 0 Å². The zero-order valence-electron chi connectivity index (χ0n) is 31.8. The van der Waals surface area contributed by atoms with Crippen molar-refractivity contribution in [3.05, 3.63) is 231 Å². The summed E-state index contributed by atoms with van der Waals surface area (Å²) in [7, 11) is 0. The standard InChI is InChI=1S/C56H38N2/c1-3-18-41(19-4-1)46-28-11-13-33-52(46)57(42-24-5-2-6-25-42)43-36-37-49-48-29-12-14-34-53(48)58(55(49)38-43)54-35-17-32-51(47-30-15-22-39-20-7-9-26-44(39)47)56(54)50-31-16-23-40-21-8-10-27-45(40)50/h1-38H. The number of benzene rings is 10. The average molecular weight is 739 g/mol. The molecular weight excluding hydrogens is 701 g/mol. The molecule has 10 aromatic carbocycles. The molecular formula is C56H38N2. The largest absolute Gasteiger partial charge is 0.310 e. The predicted molar refractivity (Wildman–Crippen MR) is 247 cm³/mol. The van der Waals surface area contributed by atoms with Gasteiger partial charge in [-0.3, -0.25) is 0 Å². The van der Waals surface area contributed by atoms with E-state index in [1.807, 2.05) is 0 Å². The van der Waals surface area contributed by atoms with E-state index in [0.29, 0.717) is 0 Å². The summed E-state index contributed by atoms with van der Waals surface area (Å²) >= 11 is 0. The summed E-state index contributed by atoms with van der Waals surface area (Å²) in [5.74, 6) is 0. The van der Waals surface area contributed by atoms with Gasteiger partial charge in [-0.15, -0.1) is 0 Å². The van der Waals surface area contributed by atoms with Gasteiger partial charge in [-0.25, -0.2) is 0 Å². The van der Waals surface area contributed by atoms with Gasteiger partial charge in [0.25, 0.3) is 0 Å². The molecule has 58 heavy (non-hydrogen) atoms. The average Bonchev–Trinajstić information content (AvgIpc) is 3.63. The van der Waals surface area contributed by atoms with Gasteiger partial charge < -0.3 is 9.47 Å². The van der Waals surface area contributed by atoms with Crippen LogP contribution in [0.5, 0.6) is 0 Å². The molecule has 0 radical (unpaired) electrons. The molecule has 0 aliphatic rings. The van der Waals surface area contributed by atoms with E-state index >= 15 is 0 Å². The van der Waals surface area contributed by atoms with Crippen LogP contribution in [0.2, 0.25) is 0 Å². The summed E-state index contributed by atoms with van der Waals surface area (Å²) in [6, 6.07) is 83.8. The second-order valence-electron chi connectivity index (χ2n) is 14.9. The fraction of sp³-hybridized carbons (Fsp3) is 0. The van der Waals surface area contributed by atoms with Crippen molar-refractivity contribution in [2.45, 2.75) is 0 Å². The second-order valence-corrected chi connectivity index (χ2v) is 14.9. The number of rotatable bonds is 7. The topological polar surface area (TPSA) is 8.17 Å². The first-order chi connectivity index (χ1) is 28.8. The molecule has 2 nitrogen and oxygen atoms in total. The molecule has 0 aliphatic carbocycles. The minimum absolute atomic E-state index is 1.09. The van der Waals surface area contributed by atoms with E-state index in [1.165, 1.54) is 71.2 Å². The number of hydrogen-bond acceptors (Lipinski definition) is 1. The van der Waals surface area contributed by atoms with Crippen molar-refractivity contribution in [3.63, 3.8) is 0 Å². The highest BCUT2D eigenvalue weighted by atomic mass is 15.1. The molecule has 11 rings (SSSR count). The molecule has 1 aromatic heterocycles. The summed E-state index contributed by atoms with van der Waals surface area (Å²) in [6.07, 6.45) is 0. The summed E-state index contributed by atoms with van der Waals surface area (Å²) in [4.78, 5) is 2.40. The Balaban J connectivity index is 1.23. The first kappa shape index (κ1) is 33.6. The van der Waals surface area contributed by atoms with Gasteiger partial charge in [-0.05, 0) is 86.3 Å². The highest BCUT2D eigenvalue weighted by Crippen LogP contribution is 2.47. The molecule has 0 fully saturated rings. The van der Waals surface area contributed by atoms with Crippen LogP contribution in [0.25, 0.3) is 82.4 Å². The van der Waals surface area contributed by atoms with Gasteiger partial charge >= 0.3 is 0 Å². The van der Waals surface area contributed by atoms with Gasteiger partial charge in [0.1, 0.15) is 0 Å². The second kappa shape index (κ2) is 14.1. The lowest BCUT2D eigenvalue weighted by molar-refractivity contribution is 1.18. The molecule has 0 saturated heterocycles. The third kappa shape index (κ3) is 5.57. The number of nitrogens with zero attached hydrogens (tertiary/aromatic N) is 2. The van der Waals surface area contributed by atoms with Crippen LogP contribution in [-0.4, -0.2) is 4.57 Å². The van der Waals surface area contributed by atoms with E-state index in [-0.39, 0.29) is 0 Å². The molecule has 0 saturated carbocycles. The Bertz CT molecular complexity index is 3280. The predicted octanol–water partition coefficient (Wildman–Crippen LogP) is 15.6. The minimum Gasteiger partial charge on any atom is -0.310 e. The van der Waals surface area contributed by atoms with Gasteiger partial charge in [0.2, 0.25) is 0 Å². The third-order valence-corrected chi connectivity index (χ3v) is 11.6. The Kier molecular flexibility index (Phi) is 8.19. The molecule has 0 amide bonds. The van der Waals surface area contributed by atoms with Crippen LogP contribution in [-0.2, 0) is 0 Å². The van der Waals surface area contributed by atoms with E-state index in [0.717, 1.165) is 28.3 Å². The Morgan fingerprint density at radius 3 is 1.62 bits per heavy atom. The van der Waals surface area contributed by atoms with E-state index in [2.05, 4.69) is 240 Å². The van der Waals surface area contributed by atoms with Crippen LogP contribution < -0.4 is 4.90 Å². The lowest BCUT2D eigenvalue weighted by Crippen LogP contribution is -2.11. The summed E-state index contributed by atoms with van der Waals surface area (Å²) in [6.45, 7) is 0. The summed E-state index contributed by atoms with van der Waals surface area (Å²) in [5.41, 5.74) is 14.0. The molecule has 272 valence electrons. The van der Waals surface area contributed by atoms with Gasteiger partial charge in [-0.2, -0.15) is 0 Å². The lowest BCUT2D eigenvalue weighted by Gasteiger charge is -2.28. The van der Waals surface area contributed by atoms with Crippen LogP contribution in [0, 0.1) is 0 Å². The molecule has 0 atom stereocenters. The van der Waals surface area contributed by atoms with Crippen molar-refractivity contribution in [1.29, 1.82) is 0 Å². The maximum Gasteiger partial charge on any atom is 0.0562 e. The van der Waals surface area contributed by atoms with E-state index in [1.54, 1.807) is 0 Å². The highest BCUT2D eigenvalue weighted by molar-refractivity contribution is 6.13. The van der Waals surface area contributed by atoms with Crippen molar-refractivity contribution in [3.8, 4) is 39.1 Å². The maximum atomic E-state index is 2.51. The number of para-hydroxylation sites is 3. The fourth-order valence-corrected chi connectivity index (χ4v) is 9.03. The molecule has 2 heteroatoms. The quantitative estimate of drug-likeness (QED) is 0.158. The van der Waals surface area contributed by atoms with Crippen molar-refractivity contribution in [1.82, 2.24) is 4.57 Å². The van der Waals surface area contributed by atoms with Crippen LogP contribution in [0.15, 0.2) is 231 Å². The molecule has 0 aliphatic heterocycles. The van der Waals surface area contributed by atoms with Gasteiger partial charge in [0, 0.05) is 33.3 Å². The van der Waals surface area contributed by atoms with Gasteiger partial charge in [-0.1, -0.05) is 188 Å². The first-order valence-corrected chi connectivity index (χ1v) is 19.9. The molecule has 11 aromatic rings. The zero-order valence-corrected chi connectivity index (χ0v) is 31.8. The fourth-order valence-electron chi connectivity index (χ4n) is 9.03. The van der Waals surface area contributed by atoms with Crippen molar-refractivity contribution in [2.75, 3.05) is 4.90 Å². The van der Waals surface area contributed by atoms with Gasteiger partial charge in [0.05, 0.1) is 22.4 Å². The van der Waals surface area contributed by atoms with Crippen LogP contribution in [0.1, 0.15) is 0 Å². The van der Waals surface area contributed by atoms with E-state index < -0.39 is 0 Å². The van der Waals surface area contributed by atoms with Crippen molar-refractivity contribution < 1.29 is 0 Å². The smallest absolute Gasteiger partial charge is 0.0562 e. The zero-order chi connectivity index (χ0) is 38.4. The summed E-state index contributed by atoms with van der Waals surface area (Å²) < 4.78 is 2.51. The number of anilines is 3. The summed E-state index contributed by atoms with van der Waals surface area (Å²) in [5, 5.41) is 7.35. The third-order valence-electron chi connectivity index (χ3n) is 11.6. The number of fused-ring (bicyclic) bond motifs is 5. The highest BCUT2D eigenvalue weighted by Gasteiger charge is 2.23. The first-order valence-electron chi connectivity index (χ1n) is 19.9. The maximum absolute atomic E-state index is 2.51. The van der Waals surface area contributed by atoms with Crippen molar-refractivity contribution >= 4 is 60.4 Å². The monoisotopic (exact) mass is 738 g/mol. The molecule has 0 bridgehead atoms. The molecule has 1 heterocycles. The lowest BCUT2D eigenvalue weighted by atomic mass is 9.88. The minimum atomic E-state index is 1.09. The van der Waals surface area contributed by atoms with E-state index in [4.69, 9.17) is 0 Å². The molecule has 0 N–H and O–H groups in total. The Morgan fingerprint density at radius 2 is 0.845 bits per heavy atom. The Labute approximate surface area is 338 Å². The van der Waals surface area contributed by atoms with Crippen LogP contribution >= 0.6 is 0 Å². The van der Waals surface area contributed by atoms with Crippen molar-refractivity contribution in [2.24, 2.45) is 0 Å². The normalized spacial score (nSPS) is 11.4. The Morgan fingerprint density at radius 1 is 0.310 bits per heavy atom. The van der Waals surface area contributed by atoms with Gasteiger partial charge in [0.15, 0.2) is 0 Å².